The number of phenolic OH excluding ortho intramolecular Hbond substituents is 1. The van der Waals surface area contributed by atoms with Gasteiger partial charge in [-0.1, -0.05) is 70.4 Å². The fourth-order valence-corrected chi connectivity index (χ4v) is 3.52. The first kappa shape index (κ1) is 20.2. The molecule has 26 heavy (non-hydrogen) atoms. The average Bonchev–Trinajstić information content (AvgIpc) is 2.68. The number of rotatable bonds is 10. The molecule has 0 atom stereocenters. The van der Waals surface area contributed by atoms with Gasteiger partial charge in [0.25, 0.3) is 0 Å². The monoisotopic (exact) mass is 356 g/mol. The maximum Gasteiger partial charge on any atom is 0.201 e. The van der Waals surface area contributed by atoms with Crippen LogP contribution in [0.15, 0.2) is 30.3 Å². The minimum Gasteiger partial charge on any atom is -0.502 e. The number of aromatic hydroxyl groups is 1. The molecule has 3 heteroatoms. The topological polar surface area (TPSA) is 38.7 Å². The van der Waals surface area contributed by atoms with Crippen LogP contribution in [0.4, 0.5) is 0 Å². The Morgan fingerprint density at radius 1 is 0.846 bits per heavy atom. The normalized spacial score (nSPS) is 10.8. The Bertz CT molecular complexity index is 693. The average molecular weight is 357 g/mol. The number of hydrogen-bond donors (Lipinski definition) is 1. The van der Waals surface area contributed by atoms with Gasteiger partial charge in [0.2, 0.25) is 5.75 Å². The minimum atomic E-state index is 0.121. The zero-order valence-electron chi connectivity index (χ0n) is 16.6. The standard InChI is InChI=1S/C23H32O3/c1-5-8-9-13-16-26-22-19(7-3)18(6-2)20(23(25-4)21(22)24)17-14-11-10-12-15-17/h10-12,14-15,24H,5-9,13,16H2,1-4H3. The summed E-state index contributed by atoms with van der Waals surface area (Å²) < 4.78 is 11.7. The van der Waals surface area contributed by atoms with Crippen molar-refractivity contribution in [2.45, 2.75) is 59.3 Å². The highest BCUT2D eigenvalue weighted by Crippen LogP contribution is 2.49. The molecule has 3 nitrogen and oxygen atoms in total. The van der Waals surface area contributed by atoms with Crippen LogP contribution in [0.2, 0.25) is 0 Å². The number of ether oxygens (including phenoxy) is 2. The summed E-state index contributed by atoms with van der Waals surface area (Å²) in [6.45, 7) is 7.07. The molecule has 0 fully saturated rings. The Kier molecular flexibility index (Phi) is 7.83. The Balaban J connectivity index is 2.50. The molecular formula is C23H32O3. The summed E-state index contributed by atoms with van der Waals surface area (Å²) in [5.74, 6) is 1.22. The summed E-state index contributed by atoms with van der Waals surface area (Å²) in [4.78, 5) is 0. The molecule has 0 saturated carbocycles. The van der Waals surface area contributed by atoms with Crippen molar-refractivity contribution in [3.63, 3.8) is 0 Å². The summed E-state index contributed by atoms with van der Waals surface area (Å²) in [5, 5.41) is 10.9. The molecular weight excluding hydrogens is 324 g/mol. The second kappa shape index (κ2) is 10.1. The molecule has 142 valence electrons. The Hall–Kier alpha value is -2.16. The third-order valence-electron chi connectivity index (χ3n) is 4.82. The van der Waals surface area contributed by atoms with E-state index in [1.165, 1.54) is 18.4 Å². The Morgan fingerprint density at radius 3 is 2.12 bits per heavy atom. The van der Waals surface area contributed by atoms with E-state index < -0.39 is 0 Å². The lowest BCUT2D eigenvalue weighted by Gasteiger charge is -2.22. The molecule has 2 rings (SSSR count). The molecule has 0 aliphatic carbocycles. The van der Waals surface area contributed by atoms with E-state index >= 15 is 0 Å². The smallest absolute Gasteiger partial charge is 0.201 e. The molecule has 2 aromatic rings. The zero-order valence-corrected chi connectivity index (χ0v) is 16.6. The van der Waals surface area contributed by atoms with E-state index in [-0.39, 0.29) is 5.75 Å². The van der Waals surface area contributed by atoms with E-state index in [0.717, 1.165) is 42.4 Å². The lowest BCUT2D eigenvalue weighted by atomic mass is 9.90. The maximum atomic E-state index is 10.9. The van der Waals surface area contributed by atoms with Crippen LogP contribution in [0.1, 0.15) is 57.6 Å². The van der Waals surface area contributed by atoms with Crippen molar-refractivity contribution in [1.82, 2.24) is 0 Å². The quantitative estimate of drug-likeness (QED) is 0.519. The molecule has 0 aromatic heterocycles. The van der Waals surface area contributed by atoms with Crippen molar-refractivity contribution in [3.05, 3.63) is 41.5 Å². The van der Waals surface area contributed by atoms with Crippen LogP contribution < -0.4 is 9.47 Å². The number of benzene rings is 2. The highest BCUT2D eigenvalue weighted by Gasteiger charge is 2.24. The summed E-state index contributed by atoms with van der Waals surface area (Å²) in [6, 6.07) is 10.1. The van der Waals surface area contributed by atoms with E-state index in [1.54, 1.807) is 7.11 Å². The highest BCUT2D eigenvalue weighted by atomic mass is 16.5. The zero-order chi connectivity index (χ0) is 18.9. The van der Waals surface area contributed by atoms with Crippen LogP contribution in [-0.2, 0) is 12.8 Å². The van der Waals surface area contributed by atoms with Gasteiger partial charge in [-0.25, -0.2) is 0 Å². The Labute approximate surface area is 158 Å². The third-order valence-corrected chi connectivity index (χ3v) is 4.82. The molecule has 0 radical (unpaired) electrons. The Morgan fingerprint density at radius 2 is 1.54 bits per heavy atom. The van der Waals surface area contributed by atoms with Crippen molar-refractivity contribution in [2.75, 3.05) is 13.7 Å². The lowest BCUT2D eigenvalue weighted by Crippen LogP contribution is -2.06. The van der Waals surface area contributed by atoms with E-state index in [0.29, 0.717) is 18.1 Å². The number of unbranched alkanes of at least 4 members (excludes halogenated alkanes) is 3. The highest BCUT2D eigenvalue weighted by molar-refractivity contribution is 5.81. The van der Waals surface area contributed by atoms with Crippen molar-refractivity contribution < 1.29 is 14.6 Å². The van der Waals surface area contributed by atoms with Gasteiger partial charge >= 0.3 is 0 Å². The second-order valence-corrected chi connectivity index (χ2v) is 6.53. The van der Waals surface area contributed by atoms with Crippen LogP contribution in [0.5, 0.6) is 17.2 Å². The van der Waals surface area contributed by atoms with Crippen molar-refractivity contribution in [1.29, 1.82) is 0 Å². The van der Waals surface area contributed by atoms with E-state index in [2.05, 4.69) is 32.9 Å². The van der Waals surface area contributed by atoms with Gasteiger partial charge in [-0.2, -0.15) is 0 Å². The largest absolute Gasteiger partial charge is 0.502 e. The fourth-order valence-electron chi connectivity index (χ4n) is 3.52. The van der Waals surface area contributed by atoms with Gasteiger partial charge in [-0.3, -0.25) is 0 Å². The summed E-state index contributed by atoms with van der Waals surface area (Å²) in [6.07, 6.45) is 6.23. The summed E-state index contributed by atoms with van der Waals surface area (Å²) >= 11 is 0. The van der Waals surface area contributed by atoms with Gasteiger partial charge in [0.15, 0.2) is 11.5 Å². The molecule has 0 aliphatic heterocycles. The van der Waals surface area contributed by atoms with Gasteiger partial charge in [0.05, 0.1) is 13.7 Å². The van der Waals surface area contributed by atoms with E-state index in [4.69, 9.17) is 9.47 Å². The molecule has 0 aliphatic rings. The summed E-state index contributed by atoms with van der Waals surface area (Å²) in [7, 11) is 1.61. The predicted octanol–water partition coefficient (Wildman–Crippen LogP) is 6.15. The molecule has 0 saturated heterocycles. The molecule has 0 amide bonds. The molecule has 0 spiro atoms. The van der Waals surface area contributed by atoms with Crippen molar-refractivity contribution in [3.8, 4) is 28.4 Å². The van der Waals surface area contributed by atoms with Crippen molar-refractivity contribution in [2.24, 2.45) is 0 Å². The van der Waals surface area contributed by atoms with Crippen LogP contribution in [0.25, 0.3) is 11.1 Å². The van der Waals surface area contributed by atoms with Gasteiger partial charge in [0.1, 0.15) is 0 Å². The molecule has 0 bridgehead atoms. The molecule has 2 aromatic carbocycles. The van der Waals surface area contributed by atoms with Gasteiger partial charge < -0.3 is 14.6 Å². The minimum absolute atomic E-state index is 0.121. The molecule has 1 N–H and O–H groups in total. The first-order chi connectivity index (χ1) is 12.7. The predicted molar refractivity (Wildman–Crippen MR) is 108 cm³/mol. The second-order valence-electron chi connectivity index (χ2n) is 6.53. The van der Waals surface area contributed by atoms with E-state index in [1.807, 2.05) is 18.2 Å². The first-order valence-corrected chi connectivity index (χ1v) is 9.82. The van der Waals surface area contributed by atoms with Crippen LogP contribution in [0.3, 0.4) is 0 Å². The lowest BCUT2D eigenvalue weighted by molar-refractivity contribution is 0.279. The third kappa shape index (κ3) is 4.32. The first-order valence-electron chi connectivity index (χ1n) is 9.82. The van der Waals surface area contributed by atoms with Gasteiger partial charge in [-0.05, 0) is 30.4 Å². The van der Waals surface area contributed by atoms with E-state index in [9.17, 15) is 5.11 Å². The van der Waals surface area contributed by atoms with Gasteiger partial charge in [0, 0.05) is 11.1 Å². The SMILES string of the molecule is CCCCCCOc1c(O)c(OC)c(-c2ccccc2)c(CC)c1CC. The number of hydrogen-bond acceptors (Lipinski definition) is 3. The number of phenols is 1. The van der Waals surface area contributed by atoms with Gasteiger partial charge in [-0.15, -0.1) is 0 Å². The summed E-state index contributed by atoms with van der Waals surface area (Å²) in [5.41, 5.74) is 4.31. The van der Waals surface area contributed by atoms with Crippen LogP contribution in [0, 0.1) is 0 Å². The maximum absolute atomic E-state index is 10.9. The van der Waals surface area contributed by atoms with Crippen LogP contribution in [-0.4, -0.2) is 18.8 Å². The molecule has 0 unspecified atom stereocenters. The van der Waals surface area contributed by atoms with Crippen molar-refractivity contribution >= 4 is 0 Å². The number of methoxy groups -OCH3 is 1. The van der Waals surface area contributed by atoms with Crippen LogP contribution >= 0.6 is 0 Å². The molecule has 0 heterocycles. The fraction of sp³-hybridized carbons (Fsp3) is 0.478.